The molecule has 3 aromatic rings. The van der Waals surface area contributed by atoms with Gasteiger partial charge in [-0.3, -0.25) is 0 Å². The first-order valence-corrected chi connectivity index (χ1v) is 7.06. The maximum Gasteiger partial charge on any atom is 0.178 e. The zero-order chi connectivity index (χ0) is 12.1. The van der Waals surface area contributed by atoms with Crippen molar-refractivity contribution < 1.29 is 0 Å². The maximum absolute atomic E-state index is 4.60. The van der Waals surface area contributed by atoms with Gasteiger partial charge in [-0.1, -0.05) is 0 Å². The van der Waals surface area contributed by atoms with Crippen LogP contribution in [0.2, 0.25) is 0 Å². The molecule has 1 aliphatic carbocycles. The molecule has 0 saturated heterocycles. The summed E-state index contributed by atoms with van der Waals surface area (Å²) in [7, 11) is 0. The van der Waals surface area contributed by atoms with E-state index >= 15 is 0 Å². The van der Waals surface area contributed by atoms with Crippen LogP contribution in [0.25, 0.3) is 21.9 Å². The van der Waals surface area contributed by atoms with Crippen LogP contribution >= 0.6 is 11.3 Å². The number of aromatic amines is 1. The van der Waals surface area contributed by atoms with Gasteiger partial charge in [0.2, 0.25) is 0 Å². The van der Waals surface area contributed by atoms with Crippen molar-refractivity contribution in [2.75, 3.05) is 0 Å². The molecule has 1 aliphatic rings. The largest absolute Gasteiger partial charge is 0.336 e. The van der Waals surface area contributed by atoms with Crippen molar-refractivity contribution in [3.63, 3.8) is 0 Å². The minimum atomic E-state index is 0.818. The highest BCUT2D eigenvalue weighted by Crippen LogP contribution is 2.35. The van der Waals surface area contributed by atoms with Crippen LogP contribution in [0, 0.1) is 6.92 Å². The fourth-order valence-corrected chi connectivity index (χ4v) is 3.80. The second-order valence-corrected chi connectivity index (χ2v) is 5.96. The Hall–Kier alpha value is -1.68. The number of aromatic nitrogens is 3. The lowest BCUT2D eigenvalue weighted by atomic mass is 10.2. The van der Waals surface area contributed by atoms with Gasteiger partial charge in [0.1, 0.15) is 0 Å². The van der Waals surface area contributed by atoms with E-state index in [-0.39, 0.29) is 0 Å². The zero-order valence-corrected chi connectivity index (χ0v) is 11.0. The average Bonchev–Trinajstić information content (AvgIpc) is 3.01. The highest BCUT2D eigenvalue weighted by atomic mass is 32.1. The Kier molecular flexibility index (Phi) is 2.08. The van der Waals surface area contributed by atoms with Gasteiger partial charge < -0.3 is 4.98 Å². The van der Waals surface area contributed by atoms with E-state index in [0.717, 1.165) is 17.0 Å². The number of hydrogen-bond donors (Lipinski definition) is 1. The molecule has 3 aromatic heterocycles. The Morgan fingerprint density at radius 1 is 1.33 bits per heavy atom. The SMILES string of the molecule is Cc1ccnc2nc(-c3cc4c(s3)CCC4)[nH]c12. The number of pyridine rings is 1. The fraction of sp³-hybridized carbons (Fsp3) is 0.286. The molecule has 0 radical (unpaired) electrons. The summed E-state index contributed by atoms with van der Waals surface area (Å²) in [6.45, 7) is 2.08. The Bertz CT molecular complexity index is 717. The van der Waals surface area contributed by atoms with Crippen LogP contribution in [0.3, 0.4) is 0 Å². The third kappa shape index (κ3) is 1.42. The van der Waals surface area contributed by atoms with Crippen molar-refractivity contribution >= 4 is 22.5 Å². The van der Waals surface area contributed by atoms with E-state index in [1.54, 1.807) is 0 Å². The van der Waals surface area contributed by atoms with Crippen LogP contribution in [0.5, 0.6) is 0 Å². The monoisotopic (exact) mass is 255 g/mol. The quantitative estimate of drug-likeness (QED) is 0.723. The Morgan fingerprint density at radius 2 is 2.28 bits per heavy atom. The predicted octanol–water partition coefficient (Wildman–Crippen LogP) is 3.48. The van der Waals surface area contributed by atoms with E-state index in [9.17, 15) is 0 Å². The number of nitrogens with zero attached hydrogens (tertiary/aromatic N) is 2. The molecule has 0 bridgehead atoms. The van der Waals surface area contributed by atoms with Crippen LogP contribution < -0.4 is 0 Å². The number of imidazole rings is 1. The van der Waals surface area contributed by atoms with Gasteiger partial charge in [-0.05, 0) is 49.4 Å². The Morgan fingerprint density at radius 3 is 3.11 bits per heavy atom. The minimum absolute atomic E-state index is 0.818. The van der Waals surface area contributed by atoms with Crippen molar-refractivity contribution in [2.45, 2.75) is 26.2 Å². The molecule has 0 aromatic carbocycles. The lowest BCUT2D eigenvalue weighted by molar-refractivity contribution is 0.915. The Balaban J connectivity index is 1.88. The summed E-state index contributed by atoms with van der Waals surface area (Å²) in [5.74, 6) is 0.964. The third-order valence-electron chi connectivity index (χ3n) is 3.58. The van der Waals surface area contributed by atoms with Gasteiger partial charge >= 0.3 is 0 Å². The van der Waals surface area contributed by atoms with Gasteiger partial charge in [-0.25, -0.2) is 9.97 Å². The highest BCUT2D eigenvalue weighted by molar-refractivity contribution is 7.15. The highest BCUT2D eigenvalue weighted by Gasteiger charge is 2.17. The van der Waals surface area contributed by atoms with Gasteiger partial charge in [0.15, 0.2) is 11.5 Å². The summed E-state index contributed by atoms with van der Waals surface area (Å²) in [6.07, 6.45) is 5.58. The minimum Gasteiger partial charge on any atom is -0.336 e. The standard InChI is InChI=1S/C14H13N3S/c1-8-5-6-15-14-12(8)16-13(17-14)11-7-9-3-2-4-10(9)18-11/h5-7H,2-4H2,1H3,(H,15,16,17). The van der Waals surface area contributed by atoms with Crippen molar-refractivity contribution in [1.82, 2.24) is 15.0 Å². The van der Waals surface area contributed by atoms with Crippen LogP contribution in [0.15, 0.2) is 18.3 Å². The normalized spacial score (nSPS) is 14.3. The van der Waals surface area contributed by atoms with Gasteiger partial charge in [0.25, 0.3) is 0 Å². The third-order valence-corrected chi connectivity index (χ3v) is 4.82. The van der Waals surface area contributed by atoms with E-state index < -0.39 is 0 Å². The lowest BCUT2D eigenvalue weighted by Gasteiger charge is -1.91. The molecule has 0 spiro atoms. The van der Waals surface area contributed by atoms with Crippen molar-refractivity contribution in [2.24, 2.45) is 0 Å². The Labute approximate surface area is 109 Å². The van der Waals surface area contributed by atoms with Crippen LogP contribution in [0.1, 0.15) is 22.4 Å². The number of fused-ring (bicyclic) bond motifs is 2. The number of thiophene rings is 1. The summed E-state index contributed by atoms with van der Waals surface area (Å²) in [5.41, 5.74) is 4.59. The van der Waals surface area contributed by atoms with Crippen LogP contribution in [-0.2, 0) is 12.8 Å². The van der Waals surface area contributed by atoms with E-state index in [1.807, 2.05) is 23.6 Å². The van der Waals surface area contributed by atoms with Gasteiger partial charge in [-0.15, -0.1) is 11.3 Å². The smallest absolute Gasteiger partial charge is 0.178 e. The summed E-state index contributed by atoms with van der Waals surface area (Å²) >= 11 is 1.87. The fourth-order valence-electron chi connectivity index (χ4n) is 2.60. The average molecular weight is 255 g/mol. The van der Waals surface area contributed by atoms with Crippen molar-refractivity contribution in [3.05, 3.63) is 34.3 Å². The first-order valence-electron chi connectivity index (χ1n) is 6.24. The van der Waals surface area contributed by atoms with Gasteiger partial charge in [-0.2, -0.15) is 0 Å². The topological polar surface area (TPSA) is 41.6 Å². The molecule has 4 rings (SSSR count). The number of aryl methyl sites for hydroxylation is 3. The number of H-pyrrole nitrogens is 1. The number of rotatable bonds is 1. The molecule has 0 atom stereocenters. The number of hydrogen-bond acceptors (Lipinski definition) is 3. The molecule has 0 unspecified atom stereocenters. The van der Waals surface area contributed by atoms with E-state index in [1.165, 1.54) is 40.1 Å². The van der Waals surface area contributed by atoms with Gasteiger partial charge in [0.05, 0.1) is 10.4 Å². The van der Waals surface area contributed by atoms with E-state index in [2.05, 4.69) is 27.9 Å². The van der Waals surface area contributed by atoms with Crippen molar-refractivity contribution in [1.29, 1.82) is 0 Å². The second-order valence-electron chi connectivity index (χ2n) is 4.82. The molecule has 0 saturated carbocycles. The molecule has 3 heterocycles. The molecule has 1 N–H and O–H groups in total. The van der Waals surface area contributed by atoms with E-state index in [4.69, 9.17) is 0 Å². The van der Waals surface area contributed by atoms with E-state index in [0.29, 0.717) is 0 Å². The molecule has 0 amide bonds. The zero-order valence-electron chi connectivity index (χ0n) is 10.2. The van der Waals surface area contributed by atoms with Crippen LogP contribution in [-0.4, -0.2) is 15.0 Å². The molecule has 3 nitrogen and oxygen atoms in total. The number of nitrogens with one attached hydrogen (secondary N) is 1. The lowest BCUT2D eigenvalue weighted by Crippen LogP contribution is -1.78. The molecule has 18 heavy (non-hydrogen) atoms. The molecule has 90 valence electrons. The molecule has 0 aliphatic heterocycles. The van der Waals surface area contributed by atoms with Gasteiger partial charge in [0, 0.05) is 11.1 Å². The van der Waals surface area contributed by atoms with Crippen molar-refractivity contribution in [3.8, 4) is 10.7 Å². The molecule has 0 fully saturated rings. The summed E-state index contributed by atoms with van der Waals surface area (Å²) in [5, 5.41) is 0. The first-order chi connectivity index (χ1) is 8.81. The molecular formula is C14H13N3S. The predicted molar refractivity (Wildman–Crippen MR) is 74.0 cm³/mol. The molecular weight excluding hydrogens is 242 g/mol. The summed E-state index contributed by atoms with van der Waals surface area (Å²) in [6, 6.07) is 4.30. The summed E-state index contributed by atoms with van der Waals surface area (Å²) in [4.78, 5) is 15.1. The maximum atomic E-state index is 4.60. The van der Waals surface area contributed by atoms with Crippen LogP contribution in [0.4, 0.5) is 0 Å². The first kappa shape index (κ1) is 10.3. The summed E-state index contributed by atoms with van der Waals surface area (Å²) < 4.78 is 0. The second kappa shape index (κ2) is 3.65. The molecule has 4 heteroatoms.